The van der Waals surface area contributed by atoms with Gasteiger partial charge in [-0.15, -0.1) is 11.3 Å². The Balaban J connectivity index is 1.14. The van der Waals surface area contributed by atoms with E-state index >= 15 is 0 Å². The third kappa shape index (κ3) is 4.05. The van der Waals surface area contributed by atoms with E-state index in [1.165, 1.54) is 4.70 Å². The standard InChI is InChI=1S/C23H24F3N5S2/c1-13-5-4-8-31(13)21-28-19(23(24,25)26)9-20(29-21)30-10-14-15(11-30)16(14)12-32-22-27-17-6-2-3-7-18(17)33-22/h2-3,6-7,9,13-16H,4-5,8,10-12H2,1H3/t13-,14-,15+,16?/m0/s1. The first-order chi connectivity index (χ1) is 15.9. The Morgan fingerprint density at radius 1 is 1.12 bits per heavy atom. The lowest BCUT2D eigenvalue weighted by Gasteiger charge is -2.26. The first-order valence-electron chi connectivity index (χ1n) is 11.3. The van der Waals surface area contributed by atoms with Crippen LogP contribution in [-0.4, -0.2) is 46.4 Å². The molecule has 0 amide bonds. The second kappa shape index (κ2) is 8.01. The number of alkyl halides is 3. The van der Waals surface area contributed by atoms with Crippen LogP contribution in [0.3, 0.4) is 0 Å². The van der Waals surface area contributed by atoms with Crippen molar-refractivity contribution in [1.82, 2.24) is 15.0 Å². The van der Waals surface area contributed by atoms with E-state index in [0.29, 0.717) is 30.1 Å². The molecule has 2 saturated heterocycles. The number of aromatic nitrogens is 3. The lowest BCUT2D eigenvalue weighted by Crippen LogP contribution is -2.31. The molecule has 4 heterocycles. The molecular weight excluding hydrogens is 467 g/mol. The summed E-state index contributed by atoms with van der Waals surface area (Å²) in [6.07, 6.45) is -2.57. The van der Waals surface area contributed by atoms with E-state index in [9.17, 15) is 13.2 Å². The Morgan fingerprint density at radius 3 is 2.61 bits per heavy atom. The first-order valence-corrected chi connectivity index (χ1v) is 13.1. The third-order valence-electron chi connectivity index (χ3n) is 7.17. The highest BCUT2D eigenvalue weighted by Crippen LogP contribution is 2.54. The Kier molecular flexibility index (Phi) is 5.21. The van der Waals surface area contributed by atoms with Crippen molar-refractivity contribution in [2.75, 3.05) is 35.2 Å². The van der Waals surface area contributed by atoms with Crippen molar-refractivity contribution in [1.29, 1.82) is 0 Å². The number of anilines is 2. The van der Waals surface area contributed by atoms with Gasteiger partial charge in [-0.05, 0) is 49.7 Å². The summed E-state index contributed by atoms with van der Waals surface area (Å²) in [7, 11) is 0. The number of halogens is 3. The van der Waals surface area contributed by atoms with Gasteiger partial charge in [-0.3, -0.25) is 0 Å². The van der Waals surface area contributed by atoms with Crippen LogP contribution in [0.4, 0.5) is 24.9 Å². The maximum atomic E-state index is 13.6. The molecule has 3 aromatic rings. The lowest BCUT2D eigenvalue weighted by atomic mass is 10.2. The molecule has 5 nitrogen and oxygen atoms in total. The van der Waals surface area contributed by atoms with Crippen molar-refractivity contribution in [2.45, 2.75) is 36.3 Å². The highest BCUT2D eigenvalue weighted by atomic mass is 32.2. The monoisotopic (exact) mass is 491 g/mol. The molecule has 1 unspecified atom stereocenters. The predicted octanol–water partition coefficient (Wildman–Crippen LogP) is 5.57. The van der Waals surface area contributed by atoms with Gasteiger partial charge in [-0.25, -0.2) is 9.97 Å². The van der Waals surface area contributed by atoms with Gasteiger partial charge in [0.05, 0.1) is 10.2 Å². The average molecular weight is 492 g/mol. The Labute approximate surface area is 198 Å². The van der Waals surface area contributed by atoms with Gasteiger partial charge in [0.2, 0.25) is 5.95 Å². The van der Waals surface area contributed by atoms with Crippen molar-refractivity contribution in [2.24, 2.45) is 17.8 Å². The van der Waals surface area contributed by atoms with Crippen LogP contribution in [-0.2, 0) is 6.18 Å². The Bertz CT molecular complexity index is 1140. The van der Waals surface area contributed by atoms with Crippen molar-refractivity contribution >= 4 is 45.1 Å². The summed E-state index contributed by atoms with van der Waals surface area (Å²) in [5.41, 5.74) is 0.199. The van der Waals surface area contributed by atoms with Gasteiger partial charge >= 0.3 is 6.18 Å². The van der Waals surface area contributed by atoms with Crippen molar-refractivity contribution in [3.63, 3.8) is 0 Å². The average Bonchev–Trinajstić information content (AvgIpc) is 3.23. The number of rotatable bonds is 5. The van der Waals surface area contributed by atoms with Crippen LogP contribution in [0.15, 0.2) is 34.7 Å². The molecule has 2 aromatic heterocycles. The molecule has 6 rings (SSSR count). The van der Waals surface area contributed by atoms with Gasteiger partial charge in [0, 0.05) is 37.5 Å². The minimum Gasteiger partial charge on any atom is -0.356 e. The minimum absolute atomic E-state index is 0.164. The summed E-state index contributed by atoms with van der Waals surface area (Å²) < 4.78 is 43.0. The summed E-state index contributed by atoms with van der Waals surface area (Å²) in [6, 6.07) is 9.45. The number of para-hydroxylation sites is 1. The maximum Gasteiger partial charge on any atom is 0.433 e. The summed E-state index contributed by atoms with van der Waals surface area (Å²) in [6.45, 7) is 4.26. The third-order valence-corrected chi connectivity index (χ3v) is 9.49. The van der Waals surface area contributed by atoms with Crippen LogP contribution in [0.2, 0.25) is 0 Å². The highest BCUT2D eigenvalue weighted by Gasteiger charge is 2.55. The zero-order valence-electron chi connectivity index (χ0n) is 18.1. The number of thiazole rings is 1. The fourth-order valence-electron chi connectivity index (χ4n) is 5.25. The molecule has 3 aliphatic rings. The van der Waals surface area contributed by atoms with Crippen molar-refractivity contribution in [3.8, 4) is 0 Å². The number of hydrogen-bond acceptors (Lipinski definition) is 7. The second-order valence-electron chi connectivity index (χ2n) is 9.25. The van der Waals surface area contributed by atoms with Crippen LogP contribution in [0.25, 0.3) is 10.2 Å². The maximum absolute atomic E-state index is 13.6. The van der Waals surface area contributed by atoms with E-state index in [2.05, 4.69) is 16.0 Å². The van der Waals surface area contributed by atoms with E-state index < -0.39 is 11.9 Å². The summed E-state index contributed by atoms with van der Waals surface area (Å²) >= 11 is 3.53. The molecule has 0 N–H and O–H groups in total. The van der Waals surface area contributed by atoms with Gasteiger partial charge < -0.3 is 9.80 Å². The van der Waals surface area contributed by atoms with Gasteiger partial charge in [-0.1, -0.05) is 23.9 Å². The quantitative estimate of drug-likeness (QED) is 0.435. The van der Waals surface area contributed by atoms with E-state index in [4.69, 9.17) is 4.98 Å². The van der Waals surface area contributed by atoms with Gasteiger partial charge in [0.25, 0.3) is 0 Å². The zero-order chi connectivity index (χ0) is 22.7. The molecule has 33 heavy (non-hydrogen) atoms. The molecule has 2 aliphatic heterocycles. The van der Waals surface area contributed by atoms with E-state index in [0.717, 1.165) is 47.6 Å². The number of thioether (sulfide) groups is 1. The summed E-state index contributed by atoms with van der Waals surface area (Å²) in [5.74, 6) is 3.28. The van der Waals surface area contributed by atoms with Gasteiger partial charge in [0.1, 0.15) is 5.82 Å². The number of benzene rings is 1. The molecule has 0 radical (unpaired) electrons. The fraction of sp³-hybridized carbons (Fsp3) is 0.522. The SMILES string of the molecule is C[C@H]1CCCN1c1nc(N2C[C@@H]3C(CSc4nc5ccccc5s4)[C@@H]3C2)cc(C(F)(F)F)n1. The van der Waals surface area contributed by atoms with Gasteiger partial charge in [0.15, 0.2) is 10.0 Å². The molecule has 10 heteroatoms. The van der Waals surface area contributed by atoms with Crippen molar-refractivity contribution < 1.29 is 13.2 Å². The van der Waals surface area contributed by atoms with Crippen LogP contribution < -0.4 is 9.80 Å². The summed E-state index contributed by atoms with van der Waals surface area (Å²) in [5, 5.41) is 0. The number of nitrogens with zero attached hydrogens (tertiary/aromatic N) is 5. The molecular formula is C23H24F3N5S2. The zero-order valence-corrected chi connectivity index (χ0v) is 19.8. The fourth-order valence-corrected chi connectivity index (χ4v) is 7.65. The summed E-state index contributed by atoms with van der Waals surface area (Å²) in [4.78, 5) is 17.1. The van der Waals surface area contributed by atoms with E-state index in [-0.39, 0.29) is 12.0 Å². The molecule has 1 saturated carbocycles. The van der Waals surface area contributed by atoms with Crippen LogP contribution in [0, 0.1) is 17.8 Å². The largest absolute Gasteiger partial charge is 0.433 e. The van der Waals surface area contributed by atoms with Crippen LogP contribution in [0.1, 0.15) is 25.5 Å². The van der Waals surface area contributed by atoms with Gasteiger partial charge in [-0.2, -0.15) is 18.2 Å². The number of piperidine rings is 1. The molecule has 0 bridgehead atoms. The topological polar surface area (TPSA) is 45.2 Å². The number of hydrogen-bond donors (Lipinski definition) is 0. The molecule has 174 valence electrons. The Hall–Kier alpha value is -2.07. The first kappa shape index (κ1) is 21.5. The van der Waals surface area contributed by atoms with Crippen molar-refractivity contribution in [3.05, 3.63) is 36.0 Å². The lowest BCUT2D eigenvalue weighted by molar-refractivity contribution is -0.141. The van der Waals surface area contributed by atoms with E-state index in [1.807, 2.05) is 34.9 Å². The number of fused-ring (bicyclic) bond motifs is 2. The predicted molar refractivity (Wildman–Crippen MR) is 126 cm³/mol. The van der Waals surface area contributed by atoms with Crippen LogP contribution in [0.5, 0.6) is 0 Å². The molecule has 1 aliphatic carbocycles. The molecule has 0 spiro atoms. The van der Waals surface area contributed by atoms with E-state index in [1.54, 1.807) is 23.1 Å². The minimum atomic E-state index is -4.48. The molecule has 3 fully saturated rings. The highest BCUT2D eigenvalue weighted by molar-refractivity contribution is 8.01. The second-order valence-corrected chi connectivity index (χ2v) is 11.5. The normalized spacial score (nSPS) is 26.9. The molecule has 1 aromatic carbocycles. The smallest absolute Gasteiger partial charge is 0.356 e. The van der Waals surface area contributed by atoms with Crippen LogP contribution >= 0.6 is 23.1 Å². The Morgan fingerprint density at radius 2 is 1.91 bits per heavy atom. The molecule has 4 atom stereocenters.